The number of hydrogen-bond acceptors (Lipinski definition) is 7. The highest BCUT2D eigenvalue weighted by Crippen LogP contribution is 2.35. The smallest absolute Gasteiger partial charge is 0.406 e. The molecule has 0 unspecified atom stereocenters. The number of aromatic nitrogens is 2. The molecule has 0 saturated carbocycles. The Morgan fingerprint density at radius 3 is 2.45 bits per heavy atom. The van der Waals surface area contributed by atoms with E-state index < -0.39 is 6.36 Å². The van der Waals surface area contributed by atoms with E-state index in [2.05, 4.69) is 42.5 Å². The standard InChI is InChI=1S/C29H29F3N6O2/c1-19(35-23-7-9-24(10-8-23)40-29(30,31)32)37-11-13-38(14-12-37)27-25-16-22(17-26(25)33-18-34-27)20-5-4-6-21(15-20)28(39)36(2)3/h4-10,15-16,18,35H,1,11-14,17H2,2-3H3. The minimum absolute atomic E-state index is 0.0418. The molecule has 2 aliphatic rings. The van der Waals surface area contributed by atoms with E-state index in [1.807, 2.05) is 24.3 Å². The summed E-state index contributed by atoms with van der Waals surface area (Å²) in [6.07, 6.45) is -0.354. The Bertz CT molecular complexity index is 1440. The first-order valence-corrected chi connectivity index (χ1v) is 12.8. The van der Waals surface area contributed by atoms with Gasteiger partial charge in [0.15, 0.2) is 0 Å². The molecule has 0 radical (unpaired) electrons. The maximum atomic E-state index is 12.4. The molecule has 3 aromatic rings. The van der Waals surface area contributed by atoms with Crippen molar-refractivity contribution in [1.82, 2.24) is 19.8 Å². The Kier molecular flexibility index (Phi) is 7.38. The van der Waals surface area contributed by atoms with Crippen LogP contribution in [0, 0.1) is 0 Å². The maximum Gasteiger partial charge on any atom is 0.573 e. The molecule has 5 rings (SSSR count). The SMILES string of the molecule is C=C(Nc1ccc(OC(F)(F)F)cc1)N1CCN(c2ncnc3c2C=C(c2cccc(C(=O)N(C)C)c2)C3)CC1. The zero-order valence-electron chi connectivity index (χ0n) is 22.2. The molecule has 1 aliphatic heterocycles. The summed E-state index contributed by atoms with van der Waals surface area (Å²) in [5.41, 5.74) is 5.28. The third-order valence-electron chi connectivity index (χ3n) is 6.85. The molecule has 0 spiro atoms. The van der Waals surface area contributed by atoms with Gasteiger partial charge in [-0.3, -0.25) is 4.79 Å². The van der Waals surface area contributed by atoms with Gasteiger partial charge in [-0.15, -0.1) is 13.2 Å². The molecule has 2 heterocycles. The lowest BCUT2D eigenvalue weighted by Crippen LogP contribution is -2.47. The minimum atomic E-state index is -4.73. The number of allylic oxidation sites excluding steroid dienone is 1. The molecule has 1 N–H and O–H groups in total. The molecule has 208 valence electrons. The molecule has 40 heavy (non-hydrogen) atoms. The monoisotopic (exact) mass is 550 g/mol. The number of nitrogens with one attached hydrogen (secondary N) is 1. The molecule has 1 fully saturated rings. The second-order valence-corrected chi connectivity index (χ2v) is 9.80. The number of piperazine rings is 1. The summed E-state index contributed by atoms with van der Waals surface area (Å²) in [5.74, 6) is 1.21. The second kappa shape index (κ2) is 10.9. The first-order valence-electron chi connectivity index (χ1n) is 12.8. The number of amides is 1. The summed E-state index contributed by atoms with van der Waals surface area (Å²) in [4.78, 5) is 27.4. The average Bonchev–Trinajstić information content (AvgIpc) is 3.38. The fraction of sp³-hybridized carbons (Fsp3) is 0.276. The molecular weight excluding hydrogens is 521 g/mol. The van der Waals surface area contributed by atoms with E-state index in [1.165, 1.54) is 24.3 Å². The predicted molar refractivity (Wildman–Crippen MR) is 148 cm³/mol. The molecule has 1 aromatic heterocycles. The van der Waals surface area contributed by atoms with Gasteiger partial charge in [-0.1, -0.05) is 18.7 Å². The van der Waals surface area contributed by atoms with Gasteiger partial charge in [-0.25, -0.2) is 9.97 Å². The van der Waals surface area contributed by atoms with Crippen molar-refractivity contribution in [3.8, 4) is 5.75 Å². The fourth-order valence-electron chi connectivity index (χ4n) is 4.84. The summed E-state index contributed by atoms with van der Waals surface area (Å²) in [6, 6.07) is 13.2. The van der Waals surface area contributed by atoms with Gasteiger partial charge >= 0.3 is 6.36 Å². The van der Waals surface area contributed by atoms with Crippen molar-refractivity contribution < 1.29 is 22.7 Å². The van der Waals surface area contributed by atoms with Gasteiger partial charge in [0.05, 0.1) is 11.5 Å². The molecule has 1 saturated heterocycles. The number of ether oxygens (including phenoxy) is 1. The Labute approximate surface area is 230 Å². The molecule has 11 heteroatoms. The number of fused-ring (bicyclic) bond motifs is 1. The second-order valence-electron chi connectivity index (χ2n) is 9.80. The van der Waals surface area contributed by atoms with E-state index in [1.54, 1.807) is 25.3 Å². The zero-order chi connectivity index (χ0) is 28.4. The topological polar surface area (TPSA) is 73.8 Å². The Morgan fingerprint density at radius 1 is 1.05 bits per heavy atom. The number of benzene rings is 2. The fourth-order valence-corrected chi connectivity index (χ4v) is 4.84. The highest BCUT2D eigenvalue weighted by molar-refractivity contribution is 5.97. The van der Waals surface area contributed by atoms with Crippen LogP contribution in [0.4, 0.5) is 24.7 Å². The third kappa shape index (κ3) is 6.03. The third-order valence-corrected chi connectivity index (χ3v) is 6.85. The van der Waals surface area contributed by atoms with E-state index >= 15 is 0 Å². The van der Waals surface area contributed by atoms with Crippen molar-refractivity contribution >= 4 is 29.1 Å². The molecular formula is C29H29F3N6O2. The van der Waals surface area contributed by atoms with E-state index in [9.17, 15) is 18.0 Å². The Hall–Kier alpha value is -4.54. The summed E-state index contributed by atoms with van der Waals surface area (Å²) in [7, 11) is 3.47. The van der Waals surface area contributed by atoms with Crippen LogP contribution in [0.15, 0.2) is 67.3 Å². The van der Waals surface area contributed by atoms with Crippen LogP contribution in [0.25, 0.3) is 11.6 Å². The van der Waals surface area contributed by atoms with Crippen LogP contribution in [0.2, 0.25) is 0 Å². The van der Waals surface area contributed by atoms with Gasteiger partial charge < -0.3 is 24.8 Å². The Balaban J connectivity index is 1.23. The van der Waals surface area contributed by atoms with Crippen LogP contribution in [-0.4, -0.2) is 72.3 Å². The summed E-state index contributed by atoms with van der Waals surface area (Å²) in [5, 5.41) is 3.16. The quantitative estimate of drug-likeness (QED) is 0.450. The number of anilines is 2. The number of rotatable bonds is 7. The van der Waals surface area contributed by atoms with Gasteiger partial charge in [-0.2, -0.15) is 0 Å². The van der Waals surface area contributed by atoms with Gasteiger partial charge in [-0.05, 0) is 53.6 Å². The van der Waals surface area contributed by atoms with Gasteiger partial charge in [0.2, 0.25) is 0 Å². The molecule has 8 nitrogen and oxygen atoms in total. The van der Waals surface area contributed by atoms with Gasteiger partial charge in [0.1, 0.15) is 17.9 Å². The van der Waals surface area contributed by atoms with Crippen molar-refractivity contribution in [2.75, 3.05) is 50.5 Å². The molecule has 1 aliphatic carbocycles. The highest BCUT2D eigenvalue weighted by atomic mass is 19.4. The number of carbonyl (C=O) groups excluding carboxylic acids is 1. The number of halogens is 3. The minimum Gasteiger partial charge on any atom is -0.406 e. The summed E-state index contributed by atoms with van der Waals surface area (Å²) >= 11 is 0. The number of carbonyl (C=O) groups is 1. The van der Waals surface area contributed by atoms with E-state index in [-0.39, 0.29) is 11.7 Å². The maximum absolute atomic E-state index is 12.4. The van der Waals surface area contributed by atoms with Crippen molar-refractivity contribution in [3.05, 3.63) is 89.6 Å². The zero-order valence-corrected chi connectivity index (χ0v) is 22.2. The van der Waals surface area contributed by atoms with Crippen LogP contribution in [0.1, 0.15) is 27.2 Å². The lowest BCUT2D eigenvalue weighted by Gasteiger charge is -2.38. The first kappa shape index (κ1) is 27.0. The van der Waals surface area contributed by atoms with Crippen LogP contribution in [0.5, 0.6) is 5.75 Å². The first-order chi connectivity index (χ1) is 19.1. The number of nitrogens with zero attached hydrogens (tertiary/aromatic N) is 5. The molecule has 2 aromatic carbocycles. The van der Waals surface area contributed by atoms with Crippen LogP contribution in [0.3, 0.4) is 0 Å². The number of hydrogen-bond donors (Lipinski definition) is 1. The lowest BCUT2D eigenvalue weighted by atomic mass is 10.0. The molecule has 0 atom stereocenters. The molecule has 1 amide bonds. The van der Waals surface area contributed by atoms with E-state index in [4.69, 9.17) is 0 Å². The highest BCUT2D eigenvalue weighted by Gasteiger charge is 2.31. The van der Waals surface area contributed by atoms with E-state index in [0.717, 1.165) is 28.2 Å². The van der Waals surface area contributed by atoms with Crippen molar-refractivity contribution in [2.45, 2.75) is 12.8 Å². The largest absolute Gasteiger partial charge is 0.573 e. The normalized spacial score (nSPS) is 14.9. The average molecular weight is 551 g/mol. The van der Waals surface area contributed by atoms with Gasteiger partial charge in [0, 0.05) is 63.5 Å². The summed E-state index contributed by atoms with van der Waals surface area (Å²) in [6.45, 7) is 6.89. The van der Waals surface area contributed by atoms with Crippen LogP contribution in [-0.2, 0) is 6.42 Å². The van der Waals surface area contributed by atoms with Gasteiger partial charge in [0.25, 0.3) is 5.91 Å². The van der Waals surface area contributed by atoms with Crippen molar-refractivity contribution in [2.24, 2.45) is 0 Å². The number of alkyl halides is 3. The van der Waals surface area contributed by atoms with Crippen molar-refractivity contribution in [3.63, 3.8) is 0 Å². The summed E-state index contributed by atoms with van der Waals surface area (Å²) < 4.78 is 41.1. The van der Waals surface area contributed by atoms with Crippen molar-refractivity contribution in [1.29, 1.82) is 0 Å². The lowest BCUT2D eigenvalue weighted by molar-refractivity contribution is -0.274. The Morgan fingerprint density at radius 2 is 1.77 bits per heavy atom. The molecule has 0 bridgehead atoms. The van der Waals surface area contributed by atoms with Crippen LogP contribution < -0.4 is 15.0 Å². The van der Waals surface area contributed by atoms with Crippen LogP contribution >= 0.6 is 0 Å². The predicted octanol–water partition coefficient (Wildman–Crippen LogP) is 4.88. The van der Waals surface area contributed by atoms with E-state index in [0.29, 0.717) is 49.7 Å².